The summed E-state index contributed by atoms with van der Waals surface area (Å²) in [4.78, 5) is 5.54. The van der Waals surface area contributed by atoms with Crippen molar-refractivity contribution in [2.45, 2.75) is 0 Å². The van der Waals surface area contributed by atoms with Gasteiger partial charge in [-0.1, -0.05) is 22.0 Å². The summed E-state index contributed by atoms with van der Waals surface area (Å²) >= 11 is 5.06. The van der Waals surface area contributed by atoms with Gasteiger partial charge in [0.1, 0.15) is 0 Å². The number of thiophene rings is 1. The number of hydrogen-bond acceptors (Lipinski definition) is 3. The van der Waals surface area contributed by atoms with Crippen LogP contribution in [-0.4, -0.2) is 14.6 Å². The maximum absolute atomic E-state index is 4.45. The first-order valence-corrected chi connectivity index (χ1v) is 6.06. The van der Waals surface area contributed by atoms with Crippen molar-refractivity contribution in [1.29, 1.82) is 0 Å². The first kappa shape index (κ1) is 9.06. The van der Waals surface area contributed by atoms with Crippen LogP contribution in [0.3, 0.4) is 0 Å². The number of halogens is 1. The highest BCUT2D eigenvalue weighted by Crippen LogP contribution is 2.22. The zero-order valence-corrected chi connectivity index (χ0v) is 9.99. The van der Waals surface area contributed by atoms with Gasteiger partial charge in [-0.15, -0.1) is 16.4 Å². The molecule has 0 fully saturated rings. The van der Waals surface area contributed by atoms with Gasteiger partial charge in [-0.2, -0.15) is 0 Å². The number of fused-ring (bicyclic) bond motifs is 1. The maximum atomic E-state index is 4.45. The van der Waals surface area contributed by atoms with Crippen molar-refractivity contribution >= 4 is 32.9 Å². The van der Waals surface area contributed by atoms with Gasteiger partial charge in [-0.3, -0.25) is 0 Å². The molecular formula is C10H6BrN3S. The van der Waals surface area contributed by atoms with Crippen molar-refractivity contribution in [3.63, 3.8) is 0 Å². The smallest absolute Gasteiger partial charge is 0.192 e. The second-order valence-corrected chi connectivity index (χ2v) is 4.92. The van der Waals surface area contributed by atoms with Gasteiger partial charge < -0.3 is 0 Å². The molecule has 0 radical (unpaired) electrons. The number of hydrogen-bond donors (Lipinski definition) is 0. The fraction of sp³-hybridized carbons (Fsp3) is 0. The monoisotopic (exact) mass is 279 g/mol. The Hall–Kier alpha value is -1.20. The van der Waals surface area contributed by atoms with E-state index in [0.29, 0.717) is 0 Å². The first-order valence-electron chi connectivity index (χ1n) is 4.39. The second kappa shape index (κ2) is 3.43. The molecule has 0 amide bonds. The molecule has 3 rings (SSSR count). The molecule has 0 aliphatic heterocycles. The van der Waals surface area contributed by atoms with Gasteiger partial charge in [0.15, 0.2) is 11.5 Å². The molecule has 3 heterocycles. The molecule has 0 aliphatic rings. The highest BCUT2D eigenvalue weighted by atomic mass is 79.9. The van der Waals surface area contributed by atoms with E-state index in [0.717, 1.165) is 20.8 Å². The molecule has 0 saturated heterocycles. The Kier molecular flexibility index (Phi) is 2.07. The average Bonchev–Trinajstić information content (AvgIpc) is 2.84. The number of rotatable bonds is 1. The lowest BCUT2D eigenvalue weighted by atomic mass is 10.4. The molecule has 15 heavy (non-hydrogen) atoms. The Bertz CT molecular complexity index is 600. The summed E-state index contributed by atoms with van der Waals surface area (Å²) in [6.07, 6.45) is 1.89. The van der Waals surface area contributed by atoms with Crippen LogP contribution in [-0.2, 0) is 0 Å². The molecule has 0 unspecified atom stereocenters. The van der Waals surface area contributed by atoms with E-state index in [4.69, 9.17) is 0 Å². The highest BCUT2D eigenvalue weighted by Gasteiger charge is 2.06. The average molecular weight is 280 g/mol. The third kappa shape index (κ3) is 1.57. The molecular weight excluding hydrogens is 274 g/mol. The minimum absolute atomic E-state index is 0.781. The zero-order valence-electron chi connectivity index (χ0n) is 7.59. The van der Waals surface area contributed by atoms with Crippen LogP contribution < -0.4 is 0 Å². The van der Waals surface area contributed by atoms with Crippen molar-refractivity contribution in [3.05, 3.63) is 40.3 Å². The van der Waals surface area contributed by atoms with Gasteiger partial charge >= 0.3 is 0 Å². The van der Waals surface area contributed by atoms with Crippen LogP contribution in [0.4, 0.5) is 0 Å². The molecule has 0 bridgehead atoms. The van der Waals surface area contributed by atoms with E-state index in [1.807, 2.05) is 35.8 Å². The van der Waals surface area contributed by atoms with Crippen molar-refractivity contribution in [2.24, 2.45) is 0 Å². The summed E-state index contributed by atoms with van der Waals surface area (Å²) in [5, 5.41) is 6.42. The predicted molar refractivity (Wildman–Crippen MR) is 64.0 cm³/mol. The molecule has 3 nitrogen and oxygen atoms in total. The third-order valence-corrected chi connectivity index (χ3v) is 3.40. The van der Waals surface area contributed by atoms with E-state index in [2.05, 4.69) is 26.0 Å². The van der Waals surface area contributed by atoms with Crippen molar-refractivity contribution < 1.29 is 0 Å². The van der Waals surface area contributed by atoms with Crippen LogP contribution in [0.5, 0.6) is 0 Å². The van der Waals surface area contributed by atoms with Gasteiger partial charge in [0.25, 0.3) is 0 Å². The number of aromatic nitrogens is 3. The molecule has 0 N–H and O–H groups in total. The molecule has 3 aromatic heterocycles. The summed E-state index contributed by atoms with van der Waals surface area (Å²) in [5.74, 6) is 0.781. The minimum atomic E-state index is 0.781. The zero-order chi connectivity index (χ0) is 10.3. The summed E-state index contributed by atoms with van der Waals surface area (Å²) in [6.45, 7) is 0. The summed E-state index contributed by atoms with van der Waals surface area (Å²) < 4.78 is 2.79. The second-order valence-electron chi connectivity index (χ2n) is 3.06. The Balaban J connectivity index is 2.22. The van der Waals surface area contributed by atoms with Crippen molar-refractivity contribution in [3.8, 4) is 10.7 Å². The van der Waals surface area contributed by atoms with Crippen LogP contribution in [0.25, 0.3) is 16.3 Å². The van der Waals surface area contributed by atoms with E-state index in [9.17, 15) is 0 Å². The normalized spacial score (nSPS) is 11.0. The van der Waals surface area contributed by atoms with E-state index in [1.54, 1.807) is 15.9 Å². The molecule has 0 aliphatic carbocycles. The topological polar surface area (TPSA) is 30.2 Å². The lowest BCUT2D eigenvalue weighted by Gasteiger charge is -1.89. The fourth-order valence-corrected chi connectivity index (χ4v) is 2.34. The standard InChI is InChI=1S/C10H6BrN3S/c11-7-3-4-14-9(6-7)12-10(13-14)8-2-1-5-15-8/h1-6H. The molecule has 0 aromatic carbocycles. The largest absolute Gasteiger partial charge is 0.220 e. The minimum Gasteiger partial charge on any atom is -0.220 e. The van der Waals surface area contributed by atoms with Gasteiger partial charge in [-0.05, 0) is 23.6 Å². The molecule has 3 aromatic rings. The predicted octanol–water partition coefficient (Wildman–Crippen LogP) is 3.22. The number of pyridine rings is 1. The van der Waals surface area contributed by atoms with Gasteiger partial charge in [0, 0.05) is 10.7 Å². The lowest BCUT2D eigenvalue weighted by Crippen LogP contribution is -1.84. The quantitative estimate of drug-likeness (QED) is 0.685. The third-order valence-electron chi connectivity index (χ3n) is 2.04. The van der Waals surface area contributed by atoms with Crippen LogP contribution in [0, 0.1) is 0 Å². The number of nitrogens with zero attached hydrogens (tertiary/aromatic N) is 3. The van der Waals surface area contributed by atoms with Crippen molar-refractivity contribution in [2.75, 3.05) is 0 Å². The Labute approximate surface area is 98.5 Å². The van der Waals surface area contributed by atoms with E-state index >= 15 is 0 Å². The molecule has 0 spiro atoms. The molecule has 0 saturated carbocycles. The summed E-state index contributed by atoms with van der Waals surface area (Å²) in [7, 11) is 0. The first-order chi connectivity index (χ1) is 7.33. The van der Waals surface area contributed by atoms with Gasteiger partial charge in [0.2, 0.25) is 0 Å². The summed E-state index contributed by atoms with van der Waals surface area (Å²) in [6, 6.07) is 7.92. The summed E-state index contributed by atoms with van der Waals surface area (Å²) in [5.41, 5.74) is 0.854. The van der Waals surface area contributed by atoms with Gasteiger partial charge in [0.05, 0.1) is 4.88 Å². The van der Waals surface area contributed by atoms with Gasteiger partial charge in [-0.25, -0.2) is 9.50 Å². The van der Waals surface area contributed by atoms with Crippen LogP contribution in [0.1, 0.15) is 0 Å². The Morgan fingerprint density at radius 3 is 3.07 bits per heavy atom. The lowest BCUT2D eigenvalue weighted by molar-refractivity contribution is 0.965. The van der Waals surface area contributed by atoms with E-state index in [-0.39, 0.29) is 0 Å². The maximum Gasteiger partial charge on any atom is 0.192 e. The fourth-order valence-electron chi connectivity index (χ4n) is 1.37. The SMILES string of the molecule is Brc1ccn2nc(-c3cccs3)nc2c1. The van der Waals surface area contributed by atoms with Crippen LogP contribution >= 0.6 is 27.3 Å². The molecule has 5 heteroatoms. The Morgan fingerprint density at radius 2 is 2.27 bits per heavy atom. The van der Waals surface area contributed by atoms with Crippen LogP contribution in [0.2, 0.25) is 0 Å². The molecule has 74 valence electrons. The van der Waals surface area contributed by atoms with Crippen molar-refractivity contribution in [1.82, 2.24) is 14.6 Å². The Morgan fingerprint density at radius 1 is 1.33 bits per heavy atom. The molecule has 0 atom stereocenters. The van der Waals surface area contributed by atoms with E-state index in [1.165, 1.54) is 0 Å². The highest BCUT2D eigenvalue weighted by molar-refractivity contribution is 9.10. The van der Waals surface area contributed by atoms with Crippen LogP contribution in [0.15, 0.2) is 40.3 Å². The van der Waals surface area contributed by atoms with E-state index < -0.39 is 0 Å².